The standard InChI is InChI=1S/C12H16FNOS/c1-9-6-7-14-12(8-16(9)15)10-4-2-3-5-11(10)13/h2-5,9,12,14H,6-8H2,1H3. The van der Waals surface area contributed by atoms with Crippen LogP contribution in [0.2, 0.25) is 0 Å². The molecule has 1 saturated heterocycles. The molecule has 0 amide bonds. The molecule has 1 heterocycles. The Morgan fingerprint density at radius 3 is 2.94 bits per heavy atom. The van der Waals surface area contributed by atoms with Crippen molar-refractivity contribution < 1.29 is 8.60 Å². The number of benzene rings is 1. The first-order valence-electron chi connectivity index (χ1n) is 5.53. The monoisotopic (exact) mass is 241 g/mol. The molecule has 1 aromatic rings. The lowest BCUT2D eigenvalue weighted by atomic mass is 10.1. The fourth-order valence-corrected chi connectivity index (χ4v) is 3.27. The minimum Gasteiger partial charge on any atom is -0.309 e. The van der Waals surface area contributed by atoms with Gasteiger partial charge in [0.05, 0.1) is 0 Å². The first kappa shape index (κ1) is 11.7. The van der Waals surface area contributed by atoms with Gasteiger partial charge in [-0.25, -0.2) is 4.39 Å². The summed E-state index contributed by atoms with van der Waals surface area (Å²) in [6, 6.07) is 6.59. The zero-order chi connectivity index (χ0) is 11.5. The normalized spacial score (nSPS) is 31.0. The molecule has 0 spiro atoms. The number of rotatable bonds is 1. The molecule has 4 heteroatoms. The van der Waals surface area contributed by atoms with Crippen LogP contribution in [0.25, 0.3) is 0 Å². The van der Waals surface area contributed by atoms with Crippen molar-refractivity contribution in [2.75, 3.05) is 12.3 Å². The Balaban J connectivity index is 2.21. The van der Waals surface area contributed by atoms with Crippen LogP contribution in [0.15, 0.2) is 24.3 Å². The lowest BCUT2D eigenvalue weighted by Gasteiger charge is -2.16. The Bertz CT molecular complexity index is 396. The summed E-state index contributed by atoms with van der Waals surface area (Å²) in [6.45, 7) is 2.79. The van der Waals surface area contributed by atoms with E-state index in [1.54, 1.807) is 12.1 Å². The molecule has 3 unspecified atom stereocenters. The van der Waals surface area contributed by atoms with E-state index in [0.717, 1.165) is 13.0 Å². The highest BCUT2D eigenvalue weighted by Crippen LogP contribution is 2.21. The minimum absolute atomic E-state index is 0.119. The average molecular weight is 241 g/mol. The van der Waals surface area contributed by atoms with E-state index in [1.165, 1.54) is 6.07 Å². The second kappa shape index (κ2) is 5.06. The van der Waals surface area contributed by atoms with Crippen LogP contribution in [-0.4, -0.2) is 21.8 Å². The molecule has 3 atom stereocenters. The molecule has 1 aliphatic rings. The third-order valence-electron chi connectivity index (χ3n) is 3.00. The number of hydrogen-bond donors (Lipinski definition) is 1. The molecule has 0 bridgehead atoms. The van der Waals surface area contributed by atoms with Gasteiger partial charge in [-0.2, -0.15) is 0 Å². The van der Waals surface area contributed by atoms with Crippen molar-refractivity contribution in [3.8, 4) is 0 Å². The number of nitrogens with one attached hydrogen (secondary N) is 1. The fraction of sp³-hybridized carbons (Fsp3) is 0.500. The van der Waals surface area contributed by atoms with Crippen LogP contribution in [0.3, 0.4) is 0 Å². The Labute approximate surface area is 97.7 Å². The maximum Gasteiger partial charge on any atom is 0.128 e. The van der Waals surface area contributed by atoms with Crippen molar-refractivity contribution in [2.24, 2.45) is 0 Å². The predicted molar refractivity (Wildman–Crippen MR) is 64.2 cm³/mol. The molecule has 2 nitrogen and oxygen atoms in total. The summed E-state index contributed by atoms with van der Waals surface area (Å²) in [4.78, 5) is 0. The van der Waals surface area contributed by atoms with Crippen molar-refractivity contribution in [3.05, 3.63) is 35.6 Å². The highest BCUT2D eigenvalue weighted by molar-refractivity contribution is 7.85. The first-order valence-corrected chi connectivity index (χ1v) is 6.91. The largest absolute Gasteiger partial charge is 0.309 e. The molecular formula is C12H16FNOS. The quantitative estimate of drug-likeness (QED) is 0.814. The van der Waals surface area contributed by atoms with E-state index in [1.807, 2.05) is 13.0 Å². The van der Waals surface area contributed by atoms with Gasteiger partial charge in [-0.3, -0.25) is 4.21 Å². The fourth-order valence-electron chi connectivity index (χ4n) is 1.94. The first-order chi connectivity index (χ1) is 7.68. The minimum atomic E-state index is -0.870. The topological polar surface area (TPSA) is 29.1 Å². The van der Waals surface area contributed by atoms with Gasteiger partial charge < -0.3 is 5.32 Å². The van der Waals surface area contributed by atoms with Crippen LogP contribution >= 0.6 is 0 Å². The lowest BCUT2D eigenvalue weighted by molar-refractivity contribution is 0.534. The molecule has 0 aromatic heterocycles. The Kier molecular flexibility index (Phi) is 3.71. The van der Waals surface area contributed by atoms with Crippen molar-refractivity contribution in [3.63, 3.8) is 0 Å². The van der Waals surface area contributed by atoms with Crippen molar-refractivity contribution in [2.45, 2.75) is 24.6 Å². The summed E-state index contributed by atoms with van der Waals surface area (Å²) >= 11 is 0. The predicted octanol–water partition coefficient (Wildman–Crippen LogP) is 2.00. The summed E-state index contributed by atoms with van der Waals surface area (Å²) < 4.78 is 25.4. The van der Waals surface area contributed by atoms with Crippen LogP contribution < -0.4 is 5.32 Å². The van der Waals surface area contributed by atoms with Gasteiger partial charge in [-0.05, 0) is 19.0 Å². The molecule has 1 N–H and O–H groups in total. The maximum atomic E-state index is 13.6. The van der Waals surface area contributed by atoms with Crippen LogP contribution in [0.5, 0.6) is 0 Å². The van der Waals surface area contributed by atoms with Crippen LogP contribution in [0.4, 0.5) is 4.39 Å². The third-order valence-corrected chi connectivity index (χ3v) is 4.80. The van der Waals surface area contributed by atoms with Crippen LogP contribution in [-0.2, 0) is 10.8 Å². The highest BCUT2D eigenvalue weighted by atomic mass is 32.2. The van der Waals surface area contributed by atoms with Crippen LogP contribution in [0.1, 0.15) is 24.9 Å². The molecule has 0 radical (unpaired) electrons. The summed E-state index contributed by atoms with van der Waals surface area (Å²) in [5.41, 5.74) is 0.630. The Morgan fingerprint density at radius 1 is 1.44 bits per heavy atom. The maximum absolute atomic E-state index is 13.6. The molecular weight excluding hydrogens is 225 g/mol. The van der Waals surface area contributed by atoms with E-state index in [4.69, 9.17) is 0 Å². The lowest BCUT2D eigenvalue weighted by Crippen LogP contribution is -2.24. The SMILES string of the molecule is CC1CCNC(c2ccccc2F)CS1=O. The molecule has 1 aliphatic heterocycles. The highest BCUT2D eigenvalue weighted by Gasteiger charge is 2.24. The van der Waals surface area contributed by atoms with Gasteiger partial charge in [-0.1, -0.05) is 25.1 Å². The second-order valence-electron chi connectivity index (χ2n) is 4.17. The summed E-state index contributed by atoms with van der Waals surface area (Å²) in [5.74, 6) is 0.286. The van der Waals surface area contributed by atoms with Gasteiger partial charge in [0.2, 0.25) is 0 Å². The van der Waals surface area contributed by atoms with Gasteiger partial charge in [0.15, 0.2) is 0 Å². The molecule has 16 heavy (non-hydrogen) atoms. The Morgan fingerprint density at radius 2 is 2.19 bits per heavy atom. The summed E-state index contributed by atoms with van der Waals surface area (Å²) in [7, 11) is -0.870. The number of hydrogen-bond acceptors (Lipinski definition) is 2. The smallest absolute Gasteiger partial charge is 0.128 e. The van der Waals surface area contributed by atoms with E-state index >= 15 is 0 Å². The van der Waals surface area contributed by atoms with E-state index in [2.05, 4.69) is 5.32 Å². The van der Waals surface area contributed by atoms with E-state index in [0.29, 0.717) is 11.3 Å². The van der Waals surface area contributed by atoms with Gasteiger partial charge in [0.25, 0.3) is 0 Å². The van der Waals surface area contributed by atoms with Crippen LogP contribution in [0, 0.1) is 5.82 Å². The molecule has 1 fully saturated rings. The summed E-state index contributed by atoms with van der Waals surface area (Å²) in [6.07, 6.45) is 0.886. The van der Waals surface area contributed by atoms with E-state index in [-0.39, 0.29) is 17.1 Å². The zero-order valence-electron chi connectivity index (χ0n) is 9.28. The van der Waals surface area contributed by atoms with Gasteiger partial charge in [0, 0.05) is 33.4 Å². The Hall–Kier alpha value is -0.740. The molecule has 0 saturated carbocycles. The van der Waals surface area contributed by atoms with Crippen molar-refractivity contribution >= 4 is 10.8 Å². The molecule has 2 rings (SSSR count). The van der Waals surface area contributed by atoms with Crippen molar-refractivity contribution in [1.29, 1.82) is 0 Å². The van der Waals surface area contributed by atoms with Crippen molar-refractivity contribution in [1.82, 2.24) is 5.32 Å². The van der Waals surface area contributed by atoms with Gasteiger partial charge >= 0.3 is 0 Å². The van der Waals surface area contributed by atoms with E-state index in [9.17, 15) is 8.60 Å². The molecule has 1 aromatic carbocycles. The van der Waals surface area contributed by atoms with Gasteiger partial charge in [-0.15, -0.1) is 0 Å². The van der Waals surface area contributed by atoms with Gasteiger partial charge in [0.1, 0.15) is 5.82 Å². The third kappa shape index (κ3) is 2.50. The average Bonchev–Trinajstić information content (AvgIpc) is 2.43. The molecule has 88 valence electrons. The van der Waals surface area contributed by atoms with E-state index < -0.39 is 10.8 Å². The number of halogens is 1. The second-order valence-corrected chi connectivity index (χ2v) is 6.07. The zero-order valence-corrected chi connectivity index (χ0v) is 10.1. The summed E-state index contributed by atoms with van der Waals surface area (Å²) in [5, 5.41) is 3.46. The molecule has 0 aliphatic carbocycles.